The fourth-order valence-corrected chi connectivity index (χ4v) is 6.89. The van der Waals surface area contributed by atoms with Crippen LogP contribution in [0.5, 0.6) is 0 Å². The maximum absolute atomic E-state index is 13.5. The minimum Gasteiger partial charge on any atom is -0.443 e. The lowest BCUT2D eigenvalue weighted by Gasteiger charge is -2.60. The lowest BCUT2D eigenvalue weighted by atomic mass is 9.49. The summed E-state index contributed by atoms with van der Waals surface area (Å²) in [5.74, 6) is 2.62. The zero-order chi connectivity index (χ0) is 22.6. The van der Waals surface area contributed by atoms with Crippen LogP contribution in [-0.4, -0.2) is 76.7 Å². The predicted octanol–water partition coefficient (Wildman–Crippen LogP) is 3.68. The molecule has 0 aromatic rings. The smallest absolute Gasteiger partial charge is 0.415 e. The van der Waals surface area contributed by atoms with E-state index in [-0.39, 0.29) is 24.2 Å². The van der Waals surface area contributed by atoms with Crippen LogP contribution in [0.2, 0.25) is 0 Å². The standard InChI is InChI=1S/C24H36N4O4/c1-5-13-31-28-17-14-27(22(28)29)20(19-16-10-8-6-7-9-15(16)18(17)19)21-25-11-12-26(21)23(30)32-24(2,3)4/h5,15-20H,1,6-14H2,2-4H3/t15?,16?,17-,18-,19?,20?/m0/s1. The number of amidine groups is 1. The van der Waals surface area contributed by atoms with Crippen LogP contribution < -0.4 is 0 Å². The zero-order valence-electron chi connectivity index (χ0n) is 19.5. The molecule has 4 fully saturated rings. The quantitative estimate of drug-likeness (QED) is 0.620. The zero-order valence-corrected chi connectivity index (χ0v) is 19.5. The van der Waals surface area contributed by atoms with Crippen LogP contribution in [0.1, 0.15) is 52.9 Å². The summed E-state index contributed by atoms with van der Waals surface area (Å²) in [5.41, 5.74) is -0.577. The summed E-state index contributed by atoms with van der Waals surface area (Å²) in [6.45, 7) is 11.4. The highest BCUT2D eigenvalue weighted by molar-refractivity contribution is 6.02. The van der Waals surface area contributed by atoms with Crippen molar-refractivity contribution >= 4 is 18.0 Å². The van der Waals surface area contributed by atoms with Crippen LogP contribution in [0.4, 0.5) is 9.59 Å². The Labute approximate surface area is 190 Å². The second kappa shape index (κ2) is 8.04. The van der Waals surface area contributed by atoms with Gasteiger partial charge >= 0.3 is 12.1 Å². The molecule has 3 heterocycles. The number of amides is 3. The van der Waals surface area contributed by atoms with Gasteiger partial charge in [-0.2, -0.15) is 5.06 Å². The molecule has 176 valence electrons. The molecule has 0 aromatic heterocycles. The number of hydrogen-bond acceptors (Lipinski definition) is 5. The molecule has 0 N–H and O–H groups in total. The van der Waals surface area contributed by atoms with Gasteiger partial charge in [0.1, 0.15) is 11.4 Å². The first-order chi connectivity index (χ1) is 15.3. The summed E-state index contributed by atoms with van der Waals surface area (Å²) in [5, 5.41) is 1.60. The van der Waals surface area contributed by atoms with Gasteiger partial charge in [0.05, 0.1) is 31.8 Å². The Kier molecular flexibility index (Phi) is 5.47. The molecule has 0 radical (unpaired) electrons. The van der Waals surface area contributed by atoms with E-state index in [0.717, 1.165) is 0 Å². The van der Waals surface area contributed by atoms with Crippen LogP contribution in [0.25, 0.3) is 0 Å². The minimum atomic E-state index is -0.577. The van der Waals surface area contributed by atoms with Gasteiger partial charge in [-0.15, -0.1) is 6.58 Å². The molecule has 3 amide bonds. The molecule has 8 nitrogen and oxygen atoms in total. The number of carbonyl (C=O) groups is 2. The van der Waals surface area contributed by atoms with Gasteiger partial charge in [0, 0.05) is 6.54 Å². The number of fused-ring (bicyclic) bond motifs is 7. The Bertz CT molecular complexity index is 821. The van der Waals surface area contributed by atoms with Gasteiger partial charge in [0.15, 0.2) is 0 Å². The minimum absolute atomic E-state index is 0.0695. The molecule has 2 aliphatic carbocycles. The van der Waals surface area contributed by atoms with Crippen molar-refractivity contribution in [2.75, 3.05) is 26.2 Å². The highest BCUT2D eigenvalue weighted by atomic mass is 16.7. The lowest BCUT2D eigenvalue weighted by molar-refractivity contribution is -0.175. The van der Waals surface area contributed by atoms with Gasteiger partial charge in [-0.25, -0.2) is 9.59 Å². The number of nitrogens with zero attached hydrogens (tertiary/aromatic N) is 4. The van der Waals surface area contributed by atoms with E-state index >= 15 is 0 Å². The third-order valence-corrected chi connectivity index (χ3v) is 7.91. The second-order valence-electron chi connectivity index (χ2n) is 10.8. The molecular weight excluding hydrogens is 408 g/mol. The molecule has 3 aliphatic heterocycles. The van der Waals surface area contributed by atoms with E-state index in [1.807, 2.05) is 25.7 Å². The number of hydroxylamine groups is 2. The van der Waals surface area contributed by atoms with Crippen LogP contribution >= 0.6 is 0 Å². The van der Waals surface area contributed by atoms with E-state index in [9.17, 15) is 9.59 Å². The van der Waals surface area contributed by atoms with Crippen molar-refractivity contribution in [2.24, 2.45) is 28.7 Å². The van der Waals surface area contributed by atoms with Crippen LogP contribution in [0.15, 0.2) is 17.6 Å². The largest absolute Gasteiger partial charge is 0.443 e. The summed E-state index contributed by atoms with van der Waals surface area (Å²) in [6.07, 6.45) is 7.53. The molecule has 0 aromatic carbocycles. The maximum Gasteiger partial charge on any atom is 0.415 e. The monoisotopic (exact) mass is 444 g/mol. The Hall–Kier alpha value is -2.09. The SMILES string of the molecule is C=CCON1C(=O)N2C[C@H]1[C@@H]1C3CCCCCC3C1C2C1=NCCN1C(=O)OC(C)(C)C. The van der Waals surface area contributed by atoms with Crippen molar-refractivity contribution in [2.45, 2.75) is 70.6 Å². The van der Waals surface area contributed by atoms with Crippen molar-refractivity contribution in [1.82, 2.24) is 14.9 Å². The Morgan fingerprint density at radius 3 is 2.59 bits per heavy atom. The van der Waals surface area contributed by atoms with Crippen LogP contribution in [0, 0.1) is 23.7 Å². The van der Waals surface area contributed by atoms with Crippen molar-refractivity contribution in [3.05, 3.63) is 12.7 Å². The first-order valence-electron chi connectivity index (χ1n) is 12.2. The summed E-state index contributed by atoms with van der Waals surface area (Å²) in [7, 11) is 0. The van der Waals surface area contributed by atoms with Crippen LogP contribution in [-0.2, 0) is 9.57 Å². The highest BCUT2D eigenvalue weighted by Crippen LogP contribution is 2.60. The van der Waals surface area contributed by atoms with Gasteiger partial charge < -0.3 is 9.64 Å². The summed E-state index contributed by atoms with van der Waals surface area (Å²) in [6, 6.07) is -0.222. The number of aliphatic imine (C=N–C) groups is 1. The topological polar surface area (TPSA) is 74.7 Å². The van der Waals surface area contributed by atoms with Gasteiger partial charge in [0.25, 0.3) is 0 Å². The average Bonchev–Trinajstić information content (AvgIpc) is 3.23. The van der Waals surface area contributed by atoms with E-state index in [1.165, 1.54) is 32.1 Å². The molecule has 0 spiro atoms. The molecule has 2 saturated carbocycles. The summed E-state index contributed by atoms with van der Waals surface area (Å²) >= 11 is 0. The molecule has 32 heavy (non-hydrogen) atoms. The van der Waals surface area contributed by atoms with E-state index < -0.39 is 5.60 Å². The van der Waals surface area contributed by atoms with Gasteiger partial charge in [0.2, 0.25) is 0 Å². The number of hydrogen-bond donors (Lipinski definition) is 0. The van der Waals surface area contributed by atoms with E-state index in [4.69, 9.17) is 14.6 Å². The van der Waals surface area contributed by atoms with E-state index in [0.29, 0.717) is 55.7 Å². The molecule has 8 heteroatoms. The Morgan fingerprint density at radius 1 is 1.19 bits per heavy atom. The number of ether oxygens (including phenoxy) is 1. The molecule has 6 atom stereocenters. The van der Waals surface area contributed by atoms with Crippen molar-refractivity contribution in [1.29, 1.82) is 0 Å². The van der Waals surface area contributed by atoms with E-state index in [1.54, 1.807) is 16.0 Å². The second-order valence-corrected chi connectivity index (χ2v) is 10.8. The van der Waals surface area contributed by atoms with Crippen molar-refractivity contribution in [3.63, 3.8) is 0 Å². The number of carbonyl (C=O) groups excluding carboxylic acids is 2. The highest BCUT2D eigenvalue weighted by Gasteiger charge is 2.67. The average molecular weight is 445 g/mol. The third kappa shape index (κ3) is 3.42. The lowest BCUT2D eigenvalue weighted by Crippen LogP contribution is -2.67. The maximum atomic E-state index is 13.5. The normalized spacial score (nSPS) is 36.2. The molecule has 5 rings (SSSR count). The predicted molar refractivity (Wildman–Crippen MR) is 120 cm³/mol. The van der Waals surface area contributed by atoms with Crippen LogP contribution in [0.3, 0.4) is 0 Å². The number of piperidine rings is 1. The molecule has 4 unspecified atom stereocenters. The fourth-order valence-electron chi connectivity index (χ4n) is 6.89. The van der Waals surface area contributed by atoms with Gasteiger partial charge in [-0.1, -0.05) is 25.3 Å². The first-order valence-corrected chi connectivity index (χ1v) is 12.2. The Balaban J connectivity index is 1.48. The third-order valence-electron chi connectivity index (χ3n) is 7.91. The first kappa shape index (κ1) is 21.7. The molecular formula is C24H36N4O4. The summed E-state index contributed by atoms with van der Waals surface area (Å²) in [4.78, 5) is 40.7. The number of urea groups is 1. The van der Waals surface area contributed by atoms with E-state index in [2.05, 4.69) is 6.58 Å². The molecule has 5 aliphatic rings. The van der Waals surface area contributed by atoms with Crippen molar-refractivity contribution in [3.8, 4) is 0 Å². The summed E-state index contributed by atoms with van der Waals surface area (Å²) < 4.78 is 5.69. The number of rotatable bonds is 4. The molecule has 2 saturated heterocycles. The van der Waals surface area contributed by atoms with Crippen molar-refractivity contribution < 1.29 is 19.2 Å². The Morgan fingerprint density at radius 2 is 1.91 bits per heavy atom. The van der Waals surface area contributed by atoms with Gasteiger partial charge in [-0.3, -0.25) is 14.7 Å². The fraction of sp³-hybridized carbons (Fsp3) is 0.792. The molecule has 2 bridgehead atoms. The van der Waals surface area contributed by atoms with Gasteiger partial charge in [-0.05, 0) is 57.3 Å².